The van der Waals surface area contributed by atoms with Crippen LogP contribution in [0.2, 0.25) is 0 Å². The average Bonchev–Trinajstić information content (AvgIpc) is 2.53. The number of fused-ring (bicyclic) bond motifs is 1. The van der Waals surface area contributed by atoms with Crippen LogP contribution in [0, 0.1) is 0 Å². The zero-order valence-electron chi connectivity index (χ0n) is 12.1. The van der Waals surface area contributed by atoms with E-state index in [0.717, 1.165) is 28.4 Å². The molecule has 0 spiro atoms. The molecule has 0 aliphatic carbocycles. The van der Waals surface area contributed by atoms with Crippen LogP contribution < -0.4 is 14.2 Å². The second kappa shape index (κ2) is 5.66. The smallest absolute Gasteiger partial charge is 0.150 e. The normalized spacial score (nSPS) is 20.3. The van der Waals surface area contributed by atoms with Crippen molar-refractivity contribution in [1.82, 2.24) is 0 Å². The number of aliphatic hydroxyl groups excluding tert-OH is 1. The molecule has 4 nitrogen and oxygen atoms in total. The van der Waals surface area contributed by atoms with Crippen molar-refractivity contribution < 1.29 is 19.3 Å². The Kier molecular flexibility index (Phi) is 3.71. The van der Waals surface area contributed by atoms with Crippen molar-refractivity contribution in [2.45, 2.75) is 18.6 Å². The minimum absolute atomic E-state index is 0.403. The Morgan fingerprint density at radius 3 is 2.57 bits per heavy atom. The first-order chi connectivity index (χ1) is 10.2. The van der Waals surface area contributed by atoms with Gasteiger partial charge < -0.3 is 19.3 Å². The molecule has 0 saturated carbocycles. The van der Waals surface area contributed by atoms with Crippen LogP contribution in [-0.2, 0) is 6.42 Å². The summed E-state index contributed by atoms with van der Waals surface area (Å²) in [4.78, 5) is 0. The van der Waals surface area contributed by atoms with Crippen molar-refractivity contribution in [2.24, 2.45) is 0 Å². The minimum Gasteiger partial charge on any atom is -0.497 e. The molecule has 0 radical (unpaired) electrons. The maximum Gasteiger partial charge on any atom is 0.150 e. The molecule has 1 aliphatic heterocycles. The summed E-state index contributed by atoms with van der Waals surface area (Å²) >= 11 is 0. The van der Waals surface area contributed by atoms with Crippen molar-refractivity contribution in [2.75, 3.05) is 14.2 Å². The summed E-state index contributed by atoms with van der Waals surface area (Å²) in [5.74, 6) is 2.25. The van der Waals surface area contributed by atoms with E-state index in [1.54, 1.807) is 14.2 Å². The third-order valence-electron chi connectivity index (χ3n) is 3.73. The number of rotatable bonds is 3. The Balaban J connectivity index is 1.93. The zero-order chi connectivity index (χ0) is 14.8. The van der Waals surface area contributed by atoms with Crippen molar-refractivity contribution in [3.8, 4) is 17.2 Å². The maximum atomic E-state index is 10.4. The largest absolute Gasteiger partial charge is 0.497 e. The molecule has 0 aromatic heterocycles. The summed E-state index contributed by atoms with van der Waals surface area (Å²) in [5.41, 5.74) is 1.89. The van der Waals surface area contributed by atoms with Gasteiger partial charge in [-0.25, -0.2) is 0 Å². The van der Waals surface area contributed by atoms with Gasteiger partial charge in [0, 0.05) is 12.5 Å². The Bertz CT molecular complexity index is 638. The van der Waals surface area contributed by atoms with Crippen LogP contribution in [0.3, 0.4) is 0 Å². The van der Waals surface area contributed by atoms with Crippen LogP contribution >= 0.6 is 0 Å². The van der Waals surface area contributed by atoms with Gasteiger partial charge in [0.25, 0.3) is 0 Å². The van der Waals surface area contributed by atoms with E-state index in [-0.39, 0.29) is 0 Å². The molecule has 2 atom stereocenters. The molecule has 0 amide bonds. The second-order valence-corrected chi connectivity index (χ2v) is 5.06. The lowest BCUT2D eigenvalue weighted by molar-refractivity contribution is 0.0205. The molecule has 2 aromatic rings. The fraction of sp³-hybridized carbons (Fsp3) is 0.294. The molecule has 1 aliphatic rings. The molecule has 110 valence electrons. The summed E-state index contributed by atoms with van der Waals surface area (Å²) in [7, 11) is 3.25. The SMILES string of the molecule is COc1cccc([C@H]2Oc3cc(OC)ccc3C[C@H]2O)c1. The molecule has 3 rings (SSSR count). The highest BCUT2D eigenvalue weighted by atomic mass is 16.5. The first-order valence-electron chi connectivity index (χ1n) is 6.87. The van der Waals surface area contributed by atoms with Crippen LogP contribution in [0.25, 0.3) is 0 Å². The van der Waals surface area contributed by atoms with Gasteiger partial charge in [0.1, 0.15) is 23.4 Å². The molecule has 21 heavy (non-hydrogen) atoms. The van der Waals surface area contributed by atoms with Crippen LogP contribution in [0.15, 0.2) is 42.5 Å². The maximum absolute atomic E-state index is 10.4. The summed E-state index contributed by atoms with van der Waals surface area (Å²) in [6.45, 7) is 0. The Labute approximate surface area is 123 Å². The van der Waals surface area contributed by atoms with Crippen molar-refractivity contribution >= 4 is 0 Å². The van der Waals surface area contributed by atoms with Gasteiger partial charge in [0.15, 0.2) is 0 Å². The van der Waals surface area contributed by atoms with Gasteiger partial charge in [0.05, 0.1) is 20.3 Å². The molecule has 0 fully saturated rings. The minimum atomic E-state index is -0.585. The fourth-order valence-corrected chi connectivity index (χ4v) is 2.60. The topological polar surface area (TPSA) is 47.9 Å². The third-order valence-corrected chi connectivity index (χ3v) is 3.73. The highest BCUT2D eigenvalue weighted by Crippen LogP contribution is 2.37. The van der Waals surface area contributed by atoms with Crippen molar-refractivity contribution in [1.29, 1.82) is 0 Å². The Morgan fingerprint density at radius 1 is 1.05 bits per heavy atom. The molecule has 0 bridgehead atoms. The number of methoxy groups -OCH3 is 2. The highest BCUT2D eigenvalue weighted by molar-refractivity contribution is 5.44. The van der Waals surface area contributed by atoms with E-state index in [1.165, 1.54) is 0 Å². The number of benzene rings is 2. The van der Waals surface area contributed by atoms with Gasteiger partial charge in [-0.05, 0) is 29.3 Å². The van der Waals surface area contributed by atoms with Gasteiger partial charge >= 0.3 is 0 Å². The lowest BCUT2D eigenvalue weighted by Crippen LogP contribution is -2.30. The number of ether oxygens (including phenoxy) is 3. The molecular formula is C17H18O4. The molecule has 0 saturated heterocycles. The van der Waals surface area contributed by atoms with E-state index in [9.17, 15) is 5.11 Å². The monoisotopic (exact) mass is 286 g/mol. The van der Waals surface area contributed by atoms with Crippen molar-refractivity contribution in [3.63, 3.8) is 0 Å². The summed E-state index contributed by atoms with van der Waals surface area (Å²) in [5, 5.41) is 10.4. The van der Waals surface area contributed by atoms with Gasteiger partial charge in [-0.15, -0.1) is 0 Å². The van der Waals surface area contributed by atoms with E-state index >= 15 is 0 Å². The standard InChI is InChI=1S/C17H18O4/c1-19-13-5-3-4-12(8-13)17-15(18)9-11-6-7-14(20-2)10-16(11)21-17/h3-8,10,15,17-18H,9H2,1-2H3/t15-,17-/m1/s1. The van der Waals surface area contributed by atoms with Gasteiger partial charge in [-0.3, -0.25) is 0 Å². The quantitative estimate of drug-likeness (QED) is 0.942. The summed E-state index contributed by atoms with van der Waals surface area (Å²) < 4.78 is 16.4. The number of hydrogen-bond donors (Lipinski definition) is 1. The third kappa shape index (κ3) is 2.67. The van der Waals surface area contributed by atoms with Crippen LogP contribution in [0.5, 0.6) is 17.2 Å². The molecule has 4 heteroatoms. The van der Waals surface area contributed by atoms with Crippen molar-refractivity contribution in [3.05, 3.63) is 53.6 Å². The zero-order valence-corrected chi connectivity index (χ0v) is 12.1. The second-order valence-electron chi connectivity index (χ2n) is 5.06. The van der Waals surface area contributed by atoms with E-state index < -0.39 is 12.2 Å². The molecule has 2 aromatic carbocycles. The molecule has 1 N–H and O–H groups in total. The number of aliphatic hydroxyl groups is 1. The Morgan fingerprint density at radius 2 is 1.81 bits per heavy atom. The van der Waals surface area contributed by atoms with Gasteiger partial charge in [-0.1, -0.05) is 18.2 Å². The fourth-order valence-electron chi connectivity index (χ4n) is 2.60. The van der Waals surface area contributed by atoms with Crippen LogP contribution in [0.4, 0.5) is 0 Å². The summed E-state index contributed by atoms with van der Waals surface area (Å²) in [6, 6.07) is 13.2. The van der Waals surface area contributed by atoms with E-state index in [0.29, 0.717) is 6.42 Å². The molecular weight excluding hydrogens is 268 g/mol. The Hall–Kier alpha value is -2.20. The van der Waals surface area contributed by atoms with Crippen LogP contribution in [-0.4, -0.2) is 25.4 Å². The van der Waals surface area contributed by atoms with Gasteiger partial charge in [0.2, 0.25) is 0 Å². The highest BCUT2D eigenvalue weighted by Gasteiger charge is 2.30. The predicted octanol–water partition coefficient (Wildman–Crippen LogP) is 2.74. The predicted molar refractivity (Wildman–Crippen MR) is 79.1 cm³/mol. The average molecular weight is 286 g/mol. The molecule has 1 heterocycles. The first-order valence-corrected chi connectivity index (χ1v) is 6.87. The van der Waals surface area contributed by atoms with E-state index in [1.807, 2.05) is 42.5 Å². The molecule has 0 unspecified atom stereocenters. The van der Waals surface area contributed by atoms with Gasteiger partial charge in [-0.2, -0.15) is 0 Å². The van der Waals surface area contributed by atoms with E-state index in [4.69, 9.17) is 14.2 Å². The first kappa shape index (κ1) is 13.8. The lowest BCUT2D eigenvalue weighted by Gasteiger charge is -2.31. The number of hydrogen-bond acceptors (Lipinski definition) is 4. The van der Waals surface area contributed by atoms with E-state index in [2.05, 4.69) is 0 Å². The van der Waals surface area contributed by atoms with Crippen LogP contribution in [0.1, 0.15) is 17.2 Å². The summed E-state index contributed by atoms with van der Waals surface area (Å²) in [6.07, 6.45) is -0.431. The lowest BCUT2D eigenvalue weighted by atomic mass is 9.94.